The van der Waals surface area contributed by atoms with E-state index in [4.69, 9.17) is 4.74 Å². The summed E-state index contributed by atoms with van der Waals surface area (Å²) in [4.78, 5) is 13.0. The van der Waals surface area contributed by atoms with Crippen molar-refractivity contribution in [2.45, 2.75) is 76.0 Å². The Hall–Kier alpha value is -2.80. The van der Waals surface area contributed by atoms with Crippen LogP contribution >= 0.6 is 0 Å². The number of methoxy groups -OCH3 is 1. The molecule has 1 amide bonds. The Labute approximate surface area is 213 Å². The third-order valence-corrected chi connectivity index (χ3v) is 10.2. The Morgan fingerprint density at radius 2 is 1.86 bits per heavy atom. The Kier molecular flexibility index (Phi) is 5.67. The van der Waals surface area contributed by atoms with Crippen LogP contribution < -0.4 is 9.46 Å². The third kappa shape index (κ3) is 3.83. The lowest BCUT2D eigenvalue weighted by Gasteiger charge is -2.24. The lowest BCUT2D eigenvalue weighted by molar-refractivity contribution is 0.0981. The molecule has 2 saturated carbocycles. The van der Waals surface area contributed by atoms with Crippen molar-refractivity contribution in [3.8, 4) is 17.0 Å². The molecular formula is C29H34N2O4S. The van der Waals surface area contributed by atoms with Gasteiger partial charge in [0.05, 0.1) is 18.1 Å². The highest BCUT2D eigenvalue weighted by molar-refractivity contribution is 7.90. The summed E-state index contributed by atoms with van der Waals surface area (Å²) in [5.74, 6) is 1.91. The summed E-state index contributed by atoms with van der Waals surface area (Å²) in [6.07, 6.45) is 7.29. The second-order valence-electron chi connectivity index (χ2n) is 11.0. The lowest BCUT2D eigenvalue weighted by atomic mass is 9.81. The highest BCUT2D eigenvalue weighted by Gasteiger charge is 2.44. The number of amides is 1. The topological polar surface area (TPSA) is 77.4 Å². The number of aromatic nitrogens is 1. The van der Waals surface area contributed by atoms with Crippen LogP contribution in [-0.2, 0) is 16.6 Å². The first kappa shape index (κ1) is 23.6. The van der Waals surface area contributed by atoms with E-state index < -0.39 is 21.2 Å². The molecule has 3 aromatic rings. The average molecular weight is 507 g/mol. The molecule has 2 atom stereocenters. The van der Waals surface area contributed by atoms with Gasteiger partial charge in [0.1, 0.15) is 5.75 Å². The number of carbonyl (C=O) groups excluding carboxylic acids is 1. The third-order valence-electron chi connectivity index (χ3n) is 8.49. The zero-order valence-electron chi connectivity index (χ0n) is 21.2. The smallest absolute Gasteiger partial charge is 0.264 e. The molecule has 2 heterocycles. The lowest BCUT2D eigenvalue weighted by Crippen LogP contribution is -2.35. The molecule has 6 nitrogen and oxygen atoms in total. The van der Waals surface area contributed by atoms with Gasteiger partial charge in [0, 0.05) is 28.6 Å². The van der Waals surface area contributed by atoms with Gasteiger partial charge in [-0.2, -0.15) is 0 Å². The van der Waals surface area contributed by atoms with Crippen LogP contribution in [0.2, 0.25) is 0 Å². The van der Waals surface area contributed by atoms with E-state index >= 15 is 0 Å². The fourth-order valence-corrected chi connectivity index (χ4v) is 6.97. The predicted octanol–water partition coefficient (Wildman–Crippen LogP) is 5.95. The fourth-order valence-electron chi connectivity index (χ4n) is 6.36. The van der Waals surface area contributed by atoms with Crippen molar-refractivity contribution in [3.63, 3.8) is 0 Å². The minimum Gasteiger partial charge on any atom is -0.497 e. The van der Waals surface area contributed by atoms with E-state index in [-0.39, 0.29) is 0 Å². The van der Waals surface area contributed by atoms with Crippen LogP contribution in [0, 0.1) is 5.92 Å². The first-order chi connectivity index (χ1) is 17.3. The van der Waals surface area contributed by atoms with Crippen LogP contribution in [0.1, 0.15) is 85.7 Å². The van der Waals surface area contributed by atoms with E-state index in [1.54, 1.807) is 27.0 Å². The van der Waals surface area contributed by atoms with Crippen LogP contribution in [-0.4, -0.2) is 31.3 Å². The van der Waals surface area contributed by atoms with E-state index in [1.165, 1.54) is 59.9 Å². The van der Waals surface area contributed by atoms with Gasteiger partial charge in [-0.15, -0.1) is 0 Å². The summed E-state index contributed by atoms with van der Waals surface area (Å²) in [5, 5.41) is 0.522. The Morgan fingerprint density at radius 3 is 2.58 bits per heavy atom. The second-order valence-corrected chi connectivity index (χ2v) is 13.3. The molecule has 6 rings (SSSR count). The van der Waals surface area contributed by atoms with E-state index in [0.29, 0.717) is 23.3 Å². The van der Waals surface area contributed by atoms with Gasteiger partial charge in [-0.3, -0.25) is 4.79 Å². The maximum atomic E-state index is 13.0. The first-order valence-corrected chi connectivity index (χ1v) is 14.7. The van der Waals surface area contributed by atoms with Crippen LogP contribution in [0.5, 0.6) is 5.75 Å². The molecular weight excluding hydrogens is 472 g/mol. The number of rotatable bonds is 5. The summed E-state index contributed by atoms with van der Waals surface area (Å²) < 4.78 is 35.0. The molecule has 1 aromatic heterocycles. The number of hydrogen-bond donors (Lipinski definition) is 1. The molecule has 0 saturated heterocycles. The van der Waals surface area contributed by atoms with Gasteiger partial charge < -0.3 is 9.30 Å². The minimum atomic E-state index is -3.70. The Balaban J connectivity index is 1.55. The van der Waals surface area contributed by atoms with Crippen molar-refractivity contribution in [2.24, 2.45) is 5.92 Å². The van der Waals surface area contributed by atoms with Crippen molar-refractivity contribution < 1.29 is 17.9 Å². The summed E-state index contributed by atoms with van der Waals surface area (Å²) in [5.41, 5.74) is 6.77. The van der Waals surface area contributed by atoms with E-state index in [1.807, 2.05) is 12.1 Å². The van der Waals surface area contributed by atoms with Gasteiger partial charge in [-0.05, 0) is 92.3 Å². The number of nitrogens with one attached hydrogen (secondary N) is 1. The van der Waals surface area contributed by atoms with Gasteiger partial charge in [-0.1, -0.05) is 25.3 Å². The summed E-state index contributed by atoms with van der Waals surface area (Å²) in [6.45, 7) is 4.05. The molecule has 36 heavy (non-hydrogen) atoms. The molecule has 7 heteroatoms. The standard InChI is InChI=1S/C29H34N2O4S/c1-17(2)36(33,34)30-29(32)19-9-11-23-26(14-19)31-16-20-13-24(20)25-15-21(35-3)10-12-22(25)28(31)27(23)18-7-5-4-6-8-18/h9-12,14-15,17-18,20,24H,4-8,13,16H2,1-3H3,(H,30,32). The van der Waals surface area contributed by atoms with Gasteiger partial charge in [0.2, 0.25) is 10.0 Å². The highest BCUT2D eigenvalue weighted by atomic mass is 32.2. The predicted molar refractivity (Wildman–Crippen MR) is 142 cm³/mol. The number of nitrogens with zero attached hydrogens (tertiary/aromatic N) is 1. The second kappa shape index (κ2) is 8.65. The monoisotopic (exact) mass is 506 g/mol. The van der Waals surface area contributed by atoms with Crippen molar-refractivity contribution in [1.82, 2.24) is 9.29 Å². The molecule has 0 radical (unpaired) electrons. The SMILES string of the molecule is COc1ccc2c(c1)C1CC1Cn1c-2c(C2CCCCC2)c2ccc(C(=O)NS(=O)(=O)C(C)C)cc21. The molecule has 0 bridgehead atoms. The largest absolute Gasteiger partial charge is 0.497 e. The Morgan fingerprint density at radius 1 is 1.08 bits per heavy atom. The van der Waals surface area contributed by atoms with Gasteiger partial charge in [0.15, 0.2) is 0 Å². The maximum Gasteiger partial charge on any atom is 0.264 e. The van der Waals surface area contributed by atoms with E-state index in [0.717, 1.165) is 24.2 Å². The van der Waals surface area contributed by atoms with Crippen LogP contribution in [0.3, 0.4) is 0 Å². The molecule has 2 aromatic carbocycles. The summed E-state index contributed by atoms with van der Waals surface area (Å²) in [7, 11) is -1.98. The zero-order chi connectivity index (χ0) is 25.2. The van der Waals surface area contributed by atoms with Gasteiger partial charge >= 0.3 is 0 Å². The van der Waals surface area contributed by atoms with Crippen LogP contribution in [0.15, 0.2) is 36.4 Å². The van der Waals surface area contributed by atoms with E-state index in [9.17, 15) is 13.2 Å². The number of fused-ring (bicyclic) bond motifs is 7. The highest BCUT2D eigenvalue weighted by Crippen LogP contribution is 2.57. The Bertz CT molecular complexity index is 1460. The number of ether oxygens (including phenoxy) is 1. The van der Waals surface area contributed by atoms with E-state index in [2.05, 4.69) is 27.5 Å². The molecule has 3 aliphatic rings. The number of sulfonamides is 1. The summed E-state index contributed by atoms with van der Waals surface area (Å²) in [6, 6.07) is 12.2. The van der Waals surface area contributed by atoms with Crippen molar-refractivity contribution >= 4 is 26.8 Å². The van der Waals surface area contributed by atoms with Gasteiger partial charge in [-0.25, -0.2) is 13.1 Å². The molecule has 0 spiro atoms. The zero-order valence-corrected chi connectivity index (χ0v) is 22.0. The van der Waals surface area contributed by atoms with Crippen molar-refractivity contribution in [3.05, 3.63) is 53.1 Å². The van der Waals surface area contributed by atoms with Crippen LogP contribution in [0.25, 0.3) is 22.2 Å². The molecule has 1 aliphatic heterocycles. The fraction of sp³-hybridized carbons (Fsp3) is 0.483. The molecule has 190 valence electrons. The minimum absolute atomic E-state index is 0.383. The quantitative estimate of drug-likeness (QED) is 0.464. The van der Waals surface area contributed by atoms with Gasteiger partial charge in [0.25, 0.3) is 5.91 Å². The van der Waals surface area contributed by atoms with Crippen molar-refractivity contribution in [2.75, 3.05) is 7.11 Å². The molecule has 2 unspecified atom stereocenters. The number of hydrogen-bond acceptors (Lipinski definition) is 4. The summed E-state index contributed by atoms with van der Waals surface area (Å²) >= 11 is 0. The maximum absolute atomic E-state index is 13.0. The molecule has 2 aliphatic carbocycles. The molecule has 1 N–H and O–H groups in total. The first-order valence-electron chi connectivity index (χ1n) is 13.2. The normalized spacial score (nSPS) is 21.4. The van der Waals surface area contributed by atoms with Crippen LogP contribution in [0.4, 0.5) is 0 Å². The average Bonchev–Trinajstić information content (AvgIpc) is 3.59. The number of carbonyl (C=O) groups is 1. The molecule has 2 fully saturated rings. The van der Waals surface area contributed by atoms with Crippen molar-refractivity contribution in [1.29, 1.82) is 0 Å². The number of benzene rings is 2.